The second-order valence-corrected chi connectivity index (χ2v) is 7.05. The minimum absolute atomic E-state index is 0.0953. The average Bonchev–Trinajstić information content (AvgIpc) is 3.24. The van der Waals surface area contributed by atoms with Crippen molar-refractivity contribution in [1.82, 2.24) is 10.2 Å². The minimum Gasteiger partial charge on any atom is -0.496 e. The predicted octanol–water partition coefficient (Wildman–Crippen LogP) is 3.80. The van der Waals surface area contributed by atoms with E-state index in [1.165, 1.54) is 0 Å². The van der Waals surface area contributed by atoms with Crippen LogP contribution in [-0.4, -0.2) is 29.6 Å². The molecule has 0 aliphatic carbocycles. The van der Waals surface area contributed by atoms with Crippen LogP contribution in [0, 0.1) is 0 Å². The molecule has 0 bridgehead atoms. The van der Waals surface area contributed by atoms with Gasteiger partial charge in [-0.05, 0) is 55.0 Å². The summed E-state index contributed by atoms with van der Waals surface area (Å²) in [6.07, 6.45) is 3.50. The van der Waals surface area contributed by atoms with Crippen LogP contribution in [0.25, 0.3) is 6.08 Å². The summed E-state index contributed by atoms with van der Waals surface area (Å²) in [5.74, 6) is 3.25. The summed E-state index contributed by atoms with van der Waals surface area (Å²) in [7, 11) is 1.66. The molecule has 1 fully saturated rings. The molecule has 1 amide bonds. The first-order valence-corrected chi connectivity index (χ1v) is 9.80. The Hall–Kier alpha value is -2.25. The van der Waals surface area contributed by atoms with Gasteiger partial charge in [0.15, 0.2) is 5.11 Å². The molecule has 0 unspecified atom stereocenters. The van der Waals surface area contributed by atoms with E-state index in [-0.39, 0.29) is 5.91 Å². The van der Waals surface area contributed by atoms with E-state index in [0.717, 1.165) is 34.1 Å². The Labute approximate surface area is 162 Å². The zero-order valence-corrected chi connectivity index (χ0v) is 16.3. The summed E-state index contributed by atoms with van der Waals surface area (Å²) in [5, 5.41) is 3.43. The number of amides is 1. The second-order valence-electron chi connectivity index (χ2n) is 5.68. The van der Waals surface area contributed by atoms with Crippen LogP contribution in [0.1, 0.15) is 23.8 Å². The lowest BCUT2D eigenvalue weighted by atomic mass is 10.1. The van der Waals surface area contributed by atoms with Crippen LogP contribution in [0.3, 0.4) is 0 Å². The maximum absolute atomic E-state index is 12.3. The number of hydrogen-bond donors (Lipinski definition) is 1. The van der Waals surface area contributed by atoms with Gasteiger partial charge in [-0.2, -0.15) is 0 Å². The largest absolute Gasteiger partial charge is 0.496 e. The molecule has 1 aliphatic heterocycles. The van der Waals surface area contributed by atoms with Gasteiger partial charge in [0.05, 0.1) is 19.1 Å². The SMILES string of the molecule is CCN1C(=O)C(=Cc2ccc(OC)c(CSCc3ccco3)c2)NC1=S. The zero-order valence-electron chi connectivity index (χ0n) is 14.7. The molecule has 1 saturated heterocycles. The first-order chi connectivity index (χ1) is 12.6. The van der Waals surface area contributed by atoms with E-state index in [0.29, 0.717) is 17.4 Å². The smallest absolute Gasteiger partial charge is 0.276 e. The van der Waals surface area contributed by atoms with E-state index < -0.39 is 0 Å². The quantitative estimate of drug-likeness (QED) is 0.575. The molecule has 136 valence electrons. The molecule has 7 heteroatoms. The van der Waals surface area contributed by atoms with Gasteiger partial charge in [0, 0.05) is 17.9 Å². The molecule has 2 aromatic rings. The zero-order chi connectivity index (χ0) is 18.5. The van der Waals surface area contributed by atoms with E-state index in [1.807, 2.05) is 43.3 Å². The van der Waals surface area contributed by atoms with E-state index >= 15 is 0 Å². The highest BCUT2D eigenvalue weighted by Crippen LogP contribution is 2.27. The lowest BCUT2D eigenvalue weighted by Crippen LogP contribution is -2.30. The highest BCUT2D eigenvalue weighted by Gasteiger charge is 2.28. The van der Waals surface area contributed by atoms with Crippen LogP contribution >= 0.6 is 24.0 Å². The molecule has 0 radical (unpaired) electrons. The first kappa shape index (κ1) is 18.5. The molecule has 1 aromatic heterocycles. The number of thioether (sulfide) groups is 1. The van der Waals surface area contributed by atoms with Crippen LogP contribution in [0.4, 0.5) is 0 Å². The molecule has 1 N–H and O–H groups in total. The molecule has 1 aliphatic rings. The number of carbonyl (C=O) groups is 1. The number of nitrogens with zero attached hydrogens (tertiary/aromatic N) is 1. The summed E-state index contributed by atoms with van der Waals surface area (Å²) in [4.78, 5) is 13.9. The van der Waals surface area contributed by atoms with Crippen molar-refractivity contribution < 1.29 is 13.9 Å². The maximum atomic E-state index is 12.3. The number of likely N-dealkylation sites (N-methyl/N-ethyl adjacent to an activating group) is 1. The number of furan rings is 1. The third-order valence-electron chi connectivity index (χ3n) is 3.98. The highest BCUT2D eigenvalue weighted by atomic mass is 32.2. The van der Waals surface area contributed by atoms with Gasteiger partial charge in [-0.15, -0.1) is 11.8 Å². The molecule has 0 atom stereocenters. The van der Waals surface area contributed by atoms with Crippen molar-refractivity contribution in [1.29, 1.82) is 0 Å². The molecule has 3 rings (SSSR count). The molecule has 5 nitrogen and oxygen atoms in total. The van der Waals surface area contributed by atoms with Gasteiger partial charge in [0.2, 0.25) is 0 Å². The van der Waals surface area contributed by atoms with Gasteiger partial charge in [-0.25, -0.2) is 0 Å². The van der Waals surface area contributed by atoms with Crippen molar-refractivity contribution in [3.05, 3.63) is 59.2 Å². The summed E-state index contributed by atoms with van der Waals surface area (Å²) in [6, 6.07) is 9.74. The van der Waals surface area contributed by atoms with E-state index in [9.17, 15) is 4.79 Å². The number of rotatable bonds is 7. The Morgan fingerprint density at radius 2 is 2.19 bits per heavy atom. The van der Waals surface area contributed by atoms with Gasteiger partial charge in [0.25, 0.3) is 5.91 Å². The Bertz CT molecular complexity index is 831. The summed E-state index contributed by atoms with van der Waals surface area (Å²) >= 11 is 6.94. The van der Waals surface area contributed by atoms with Crippen LogP contribution in [0.15, 0.2) is 46.7 Å². The fraction of sp³-hybridized carbons (Fsp3) is 0.263. The number of carbonyl (C=O) groups excluding carboxylic acids is 1. The standard InChI is InChI=1S/C19H20N2O3S2/c1-3-21-18(22)16(20-19(21)25)10-13-6-7-17(23-2)14(9-13)11-26-12-15-5-4-8-24-15/h4-10H,3,11-12H2,1-2H3,(H,20,25). The van der Waals surface area contributed by atoms with Gasteiger partial charge >= 0.3 is 0 Å². The molecule has 1 aromatic carbocycles. The summed E-state index contributed by atoms with van der Waals surface area (Å²) in [5.41, 5.74) is 2.49. The van der Waals surface area contributed by atoms with E-state index in [2.05, 4.69) is 5.32 Å². The highest BCUT2D eigenvalue weighted by molar-refractivity contribution is 7.97. The number of thiocarbonyl (C=S) groups is 1. The third-order valence-corrected chi connectivity index (χ3v) is 5.30. The maximum Gasteiger partial charge on any atom is 0.276 e. The minimum atomic E-state index is -0.0953. The topological polar surface area (TPSA) is 54.7 Å². The van der Waals surface area contributed by atoms with Crippen molar-refractivity contribution in [2.75, 3.05) is 13.7 Å². The molecular weight excluding hydrogens is 368 g/mol. The molecule has 0 spiro atoms. The normalized spacial score (nSPS) is 15.6. The first-order valence-electron chi connectivity index (χ1n) is 8.24. The Balaban J connectivity index is 1.75. The predicted molar refractivity (Wildman–Crippen MR) is 108 cm³/mol. The monoisotopic (exact) mass is 388 g/mol. The number of methoxy groups -OCH3 is 1. The lowest BCUT2D eigenvalue weighted by molar-refractivity contribution is -0.122. The second kappa shape index (κ2) is 8.42. The average molecular weight is 389 g/mol. The molecular formula is C19H20N2O3S2. The van der Waals surface area contributed by atoms with Crippen molar-refractivity contribution >= 4 is 41.1 Å². The van der Waals surface area contributed by atoms with E-state index in [1.54, 1.807) is 30.0 Å². The van der Waals surface area contributed by atoms with Crippen LogP contribution in [0.2, 0.25) is 0 Å². The van der Waals surface area contributed by atoms with Crippen LogP contribution in [-0.2, 0) is 16.3 Å². The van der Waals surface area contributed by atoms with Gasteiger partial charge < -0.3 is 14.5 Å². The van der Waals surface area contributed by atoms with E-state index in [4.69, 9.17) is 21.4 Å². The summed E-state index contributed by atoms with van der Waals surface area (Å²) in [6.45, 7) is 2.45. The fourth-order valence-electron chi connectivity index (χ4n) is 2.68. The Kier molecular flexibility index (Phi) is 6.00. The lowest BCUT2D eigenvalue weighted by Gasteiger charge is -2.10. The summed E-state index contributed by atoms with van der Waals surface area (Å²) < 4.78 is 10.8. The van der Waals surface area contributed by atoms with Crippen LogP contribution < -0.4 is 10.1 Å². The number of nitrogens with one attached hydrogen (secondary N) is 1. The van der Waals surface area contributed by atoms with Crippen molar-refractivity contribution in [2.24, 2.45) is 0 Å². The van der Waals surface area contributed by atoms with Crippen LogP contribution in [0.5, 0.6) is 5.75 Å². The molecule has 0 saturated carbocycles. The number of hydrogen-bond acceptors (Lipinski definition) is 5. The van der Waals surface area contributed by atoms with Crippen molar-refractivity contribution in [3.8, 4) is 5.75 Å². The molecule has 26 heavy (non-hydrogen) atoms. The van der Waals surface area contributed by atoms with Crippen molar-refractivity contribution in [2.45, 2.75) is 18.4 Å². The Morgan fingerprint density at radius 3 is 2.85 bits per heavy atom. The third kappa shape index (κ3) is 4.11. The fourth-order valence-corrected chi connectivity index (χ4v) is 3.92. The number of ether oxygens (including phenoxy) is 1. The van der Waals surface area contributed by atoms with Crippen molar-refractivity contribution in [3.63, 3.8) is 0 Å². The molecule has 2 heterocycles. The Morgan fingerprint density at radius 1 is 1.35 bits per heavy atom. The van der Waals surface area contributed by atoms with Gasteiger partial charge in [0.1, 0.15) is 17.2 Å². The van der Waals surface area contributed by atoms with Gasteiger partial charge in [-0.3, -0.25) is 9.69 Å². The number of benzene rings is 1. The van der Waals surface area contributed by atoms with Gasteiger partial charge in [-0.1, -0.05) is 6.07 Å².